The average molecular weight is 291 g/mol. The summed E-state index contributed by atoms with van der Waals surface area (Å²) >= 11 is 0. The van der Waals surface area contributed by atoms with Crippen molar-refractivity contribution in [1.82, 2.24) is 5.32 Å². The number of carbonyl (C=O) groups is 2. The Morgan fingerprint density at radius 3 is 2.76 bits per heavy atom. The van der Waals surface area contributed by atoms with Gasteiger partial charge in [-0.2, -0.15) is 0 Å². The first-order chi connectivity index (χ1) is 10.1. The number of ether oxygens (including phenoxy) is 1. The zero-order valence-electron chi connectivity index (χ0n) is 11.8. The molecule has 1 rings (SSSR count). The van der Waals surface area contributed by atoms with Gasteiger partial charge in [-0.15, -0.1) is 0 Å². The summed E-state index contributed by atoms with van der Waals surface area (Å²) in [5.41, 5.74) is 0.532. The molecule has 1 aromatic carbocycles. The Hall–Kier alpha value is -2.43. The quantitative estimate of drug-likeness (QED) is 0.476. The second kappa shape index (κ2) is 9.47. The van der Waals surface area contributed by atoms with Crippen LogP contribution >= 0.6 is 0 Å². The molecule has 1 amide bonds. The Labute approximate surface area is 123 Å². The van der Waals surface area contributed by atoms with Gasteiger partial charge in [0.1, 0.15) is 5.82 Å². The predicted octanol–water partition coefficient (Wildman–Crippen LogP) is 2.16. The van der Waals surface area contributed by atoms with Crippen LogP contribution < -0.4 is 5.32 Å². The fourth-order valence-corrected chi connectivity index (χ4v) is 1.52. The highest BCUT2D eigenvalue weighted by Gasteiger charge is 2.05. The molecule has 0 fully saturated rings. The van der Waals surface area contributed by atoms with Gasteiger partial charge in [0.2, 0.25) is 0 Å². The largest absolute Gasteiger partial charge is 0.452 e. The highest BCUT2D eigenvalue weighted by molar-refractivity contribution is 5.85. The van der Waals surface area contributed by atoms with Crippen LogP contribution in [0.2, 0.25) is 0 Å². The van der Waals surface area contributed by atoms with E-state index in [0.717, 1.165) is 0 Å². The Morgan fingerprint density at radius 1 is 1.29 bits per heavy atom. The number of carbonyl (C=O) groups excluding carboxylic acids is 2. The Bertz CT molecular complexity index is 538. The van der Waals surface area contributed by atoms with Crippen molar-refractivity contribution in [3.05, 3.63) is 60.0 Å². The third kappa shape index (κ3) is 7.06. The van der Waals surface area contributed by atoms with E-state index in [9.17, 15) is 14.0 Å². The van der Waals surface area contributed by atoms with E-state index in [1.807, 2.05) is 6.92 Å². The molecule has 4 nitrogen and oxygen atoms in total. The van der Waals surface area contributed by atoms with Crippen molar-refractivity contribution in [3.63, 3.8) is 0 Å². The minimum Gasteiger partial charge on any atom is -0.452 e. The van der Waals surface area contributed by atoms with Crippen molar-refractivity contribution in [3.8, 4) is 0 Å². The van der Waals surface area contributed by atoms with Crippen LogP contribution in [0.1, 0.15) is 12.5 Å². The van der Waals surface area contributed by atoms with E-state index in [4.69, 9.17) is 4.74 Å². The Balaban J connectivity index is 2.23. The van der Waals surface area contributed by atoms with E-state index in [-0.39, 0.29) is 19.0 Å². The van der Waals surface area contributed by atoms with Crippen LogP contribution in [0.3, 0.4) is 0 Å². The number of allylic oxidation sites excluding steroid dienone is 3. The second-order valence-corrected chi connectivity index (χ2v) is 4.18. The molecule has 0 atom stereocenters. The lowest BCUT2D eigenvalue weighted by molar-refractivity contribution is -0.143. The van der Waals surface area contributed by atoms with Gasteiger partial charge in [-0.3, -0.25) is 4.79 Å². The lowest BCUT2D eigenvalue weighted by Crippen LogP contribution is -2.30. The standard InChI is InChI=1S/C16H18FNO3/c1-2-3-4-9-16(20)21-12-15(19)18-11-10-13-7-5-6-8-14(13)17/h2-9H,10-12H2,1H3,(H,18,19)/b3-2+,9-4+. The summed E-state index contributed by atoms with van der Waals surface area (Å²) in [7, 11) is 0. The van der Waals surface area contributed by atoms with Crippen LogP contribution in [0.4, 0.5) is 4.39 Å². The number of esters is 1. The second-order valence-electron chi connectivity index (χ2n) is 4.18. The molecule has 1 aromatic rings. The molecule has 0 spiro atoms. The Kier molecular flexibility index (Phi) is 7.50. The number of halogens is 1. The molecule has 0 unspecified atom stereocenters. The lowest BCUT2D eigenvalue weighted by atomic mass is 10.1. The highest BCUT2D eigenvalue weighted by atomic mass is 19.1. The lowest BCUT2D eigenvalue weighted by Gasteiger charge is -2.06. The SMILES string of the molecule is C/C=C/C=C/C(=O)OCC(=O)NCCc1ccccc1F. The summed E-state index contributed by atoms with van der Waals surface area (Å²) in [6.07, 6.45) is 6.58. The molecule has 112 valence electrons. The molecule has 5 heteroatoms. The summed E-state index contributed by atoms with van der Waals surface area (Å²) in [6, 6.07) is 6.38. The zero-order chi connectivity index (χ0) is 15.5. The molecule has 0 heterocycles. The predicted molar refractivity (Wildman–Crippen MR) is 78.0 cm³/mol. The summed E-state index contributed by atoms with van der Waals surface area (Å²) in [6.45, 7) is 1.75. The molecule has 0 radical (unpaired) electrons. The number of rotatable bonds is 7. The summed E-state index contributed by atoms with van der Waals surface area (Å²) in [5.74, 6) is -1.30. The zero-order valence-corrected chi connectivity index (χ0v) is 11.8. The third-order valence-electron chi connectivity index (χ3n) is 2.56. The van der Waals surface area contributed by atoms with E-state index in [1.165, 1.54) is 18.2 Å². The smallest absolute Gasteiger partial charge is 0.331 e. The van der Waals surface area contributed by atoms with Crippen molar-refractivity contribution in [2.45, 2.75) is 13.3 Å². The van der Waals surface area contributed by atoms with Gasteiger partial charge in [-0.25, -0.2) is 9.18 Å². The fraction of sp³-hybridized carbons (Fsp3) is 0.250. The molecule has 0 bridgehead atoms. The van der Waals surface area contributed by atoms with Crippen molar-refractivity contribution in [2.24, 2.45) is 0 Å². The third-order valence-corrected chi connectivity index (χ3v) is 2.56. The van der Waals surface area contributed by atoms with Crippen molar-refractivity contribution >= 4 is 11.9 Å². The molecule has 0 saturated carbocycles. The number of nitrogens with one attached hydrogen (secondary N) is 1. The molecular formula is C16H18FNO3. The molecule has 0 aliphatic carbocycles. The van der Waals surface area contributed by atoms with E-state index >= 15 is 0 Å². The molecule has 0 saturated heterocycles. The van der Waals surface area contributed by atoms with Crippen molar-refractivity contribution < 1.29 is 18.7 Å². The van der Waals surface area contributed by atoms with Crippen LogP contribution in [-0.2, 0) is 20.7 Å². The van der Waals surface area contributed by atoms with Gasteiger partial charge in [0, 0.05) is 12.6 Å². The maximum Gasteiger partial charge on any atom is 0.331 e. The maximum absolute atomic E-state index is 13.3. The normalized spacial score (nSPS) is 11.0. The average Bonchev–Trinajstić information content (AvgIpc) is 2.47. The molecular weight excluding hydrogens is 273 g/mol. The van der Waals surface area contributed by atoms with Gasteiger partial charge in [-0.05, 0) is 25.0 Å². The summed E-state index contributed by atoms with van der Waals surface area (Å²) < 4.78 is 18.1. The van der Waals surface area contributed by atoms with Crippen molar-refractivity contribution in [1.29, 1.82) is 0 Å². The van der Waals surface area contributed by atoms with Gasteiger partial charge < -0.3 is 10.1 Å². The Morgan fingerprint density at radius 2 is 2.05 bits per heavy atom. The van der Waals surface area contributed by atoms with Crippen LogP contribution in [-0.4, -0.2) is 25.0 Å². The highest BCUT2D eigenvalue weighted by Crippen LogP contribution is 2.05. The number of benzene rings is 1. The van der Waals surface area contributed by atoms with Crippen LogP contribution in [0.25, 0.3) is 0 Å². The molecule has 0 aliphatic rings. The topological polar surface area (TPSA) is 55.4 Å². The van der Waals surface area contributed by atoms with E-state index in [0.29, 0.717) is 12.0 Å². The molecule has 1 N–H and O–H groups in total. The van der Waals surface area contributed by atoms with Crippen LogP contribution in [0.15, 0.2) is 48.6 Å². The van der Waals surface area contributed by atoms with Gasteiger partial charge in [0.05, 0.1) is 0 Å². The monoisotopic (exact) mass is 291 g/mol. The number of amides is 1. The van der Waals surface area contributed by atoms with E-state index in [1.54, 1.807) is 30.4 Å². The first-order valence-electron chi connectivity index (χ1n) is 6.59. The van der Waals surface area contributed by atoms with Gasteiger partial charge >= 0.3 is 5.97 Å². The van der Waals surface area contributed by atoms with E-state index < -0.39 is 11.9 Å². The first-order valence-corrected chi connectivity index (χ1v) is 6.59. The summed E-state index contributed by atoms with van der Waals surface area (Å²) in [5, 5.41) is 2.56. The minimum atomic E-state index is -0.586. The van der Waals surface area contributed by atoms with Gasteiger partial charge in [-0.1, -0.05) is 36.4 Å². The number of hydrogen-bond donors (Lipinski definition) is 1. The van der Waals surface area contributed by atoms with E-state index in [2.05, 4.69) is 5.32 Å². The first kappa shape index (κ1) is 16.6. The van der Waals surface area contributed by atoms with Crippen molar-refractivity contribution in [2.75, 3.05) is 13.2 Å². The minimum absolute atomic E-state index is 0.283. The molecule has 0 aliphatic heterocycles. The van der Waals surface area contributed by atoms with Gasteiger partial charge in [0.25, 0.3) is 5.91 Å². The van der Waals surface area contributed by atoms with Crippen LogP contribution in [0.5, 0.6) is 0 Å². The summed E-state index contributed by atoms with van der Waals surface area (Å²) in [4.78, 5) is 22.6. The maximum atomic E-state index is 13.3. The number of hydrogen-bond acceptors (Lipinski definition) is 3. The fourth-order valence-electron chi connectivity index (χ4n) is 1.52. The van der Waals surface area contributed by atoms with Crippen LogP contribution in [0, 0.1) is 5.82 Å². The molecule has 0 aromatic heterocycles. The van der Waals surface area contributed by atoms with Gasteiger partial charge in [0.15, 0.2) is 6.61 Å². The molecule has 21 heavy (non-hydrogen) atoms.